The summed E-state index contributed by atoms with van der Waals surface area (Å²) in [7, 11) is 0. The first-order valence-electron chi connectivity index (χ1n) is 3.59. The largest absolute Gasteiger partial charge is 0.369 e. The molecule has 2 unspecified atom stereocenters. The van der Waals surface area contributed by atoms with Gasteiger partial charge < -0.3 is 5.73 Å². The van der Waals surface area contributed by atoms with Gasteiger partial charge in [0.1, 0.15) is 0 Å². The van der Waals surface area contributed by atoms with Crippen LogP contribution >= 0.6 is 0 Å². The lowest BCUT2D eigenvalue weighted by molar-refractivity contribution is -0.122. The first-order valence-corrected chi connectivity index (χ1v) is 3.59. The van der Waals surface area contributed by atoms with Crippen LogP contribution < -0.4 is 5.73 Å². The summed E-state index contributed by atoms with van der Waals surface area (Å²) < 4.78 is 0. The normalized spacial score (nSPS) is 29.4. The van der Waals surface area contributed by atoms with Crippen molar-refractivity contribution in [3.05, 3.63) is 12.2 Å². The van der Waals surface area contributed by atoms with E-state index in [-0.39, 0.29) is 17.7 Å². The van der Waals surface area contributed by atoms with Crippen LogP contribution in [0.5, 0.6) is 0 Å². The van der Waals surface area contributed by atoms with Gasteiger partial charge >= 0.3 is 0 Å². The molecule has 2 N–H and O–H groups in total. The zero-order valence-corrected chi connectivity index (χ0v) is 6.16. The Morgan fingerprint density at radius 1 is 1.55 bits per heavy atom. The van der Waals surface area contributed by atoms with Crippen LogP contribution in [0.3, 0.4) is 0 Å². The van der Waals surface area contributed by atoms with Crippen LogP contribution in [0.2, 0.25) is 0 Å². The molecule has 0 fully saturated rings. The first kappa shape index (κ1) is 7.80. The van der Waals surface area contributed by atoms with Gasteiger partial charge in [-0.25, -0.2) is 0 Å². The van der Waals surface area contributed by atoms with E-state index in [0.29, 0.717) is 12.8 Å². The molecule has 1 aliphatic rings. The molecule has 0 radical (unpaired) electrons. The average molecular weight is 150 g/mol. The lowest BCUT2D eigenvalue weighted by atomic mass is 9.84. The van der Waals surface area contributed by atoms with Crippen molar-refractivity contribution in [3.8, 4) is 6.07 Å². The van der Waals surface area contributed by atoms with Gasteiger partial charge in [-0.3, -0.25) is 4.79 Å². The van der Waals surface area contributed by atoms with E-state index in [4.69, 9.17) is 11.0 Å². The Morgan fingerprint density at radius 3 is 2.64 bits per heavy atom. The molecule has 1 aliphatic carbocycles. The van der Waals surface area contributed by atoms with Crippen LogP contribution in [-0.4, -0.2) is 5.91 Å². The van der Waals surface area contributed by atoms with Crippen molar-refractivity contribution >= 4 is 5.91 Å². The van der Waals surface area contributed by atoms with E-state index in [1.807, 2.05) is 12.2 Å². The molecule has 0 saturated heterocycles. The second kappa shape index (κ2) is 3.20. The number of hydrogen-bond donors (Lipinski definition) is 1. The van der Waals surface area contributed by atoms with Crippen LogP contribution in [-0.2, 0) is 4.79 Å². The maximum absolute atomic E-state index is 10.8. The Labute approximate surface area is 65.5 Å². The Bertz CT molecular complexity index is 227. The predicted molar refractivity (Wildman–Crippen MR) is 40.2 cm³/mol. The fourth-order valence-electron chi connectivity index (χ4n) is 1.27. The van der Waals surface area contributed by atoms with E-state index in [0.717, 1.165) is 0 Å². The average Bonchev–Trinajstić information content (AvgIpc) is 2.04. The minimum absolute atomic E-state index is 0.211. The fourth-order valence-corrected chi connectivity index (χ4v) is 1.27. The van der Waals surface area contributed by atoms with Gasteiger partial charge in [-0.15, -0.1) is 0 Å². The number of primary amides is 1. The van der Waals surface area contributed by atoms with Gasteiger partial charge in [-0.05, 0) is 12.8 Å². The van der Waals surface area contributed by atoms with Gasteiger partial charge in [0.15, 0.2) is 0 Å². The van der Waals surface area contributed by atoms with Crippen LogP contribution in [0.25, 0.3) is 0 Å². The molecular weight excluding hydrogens is 140 g/mol. The zero-order valence-electron chi connectivity index (χ0n) is 6.16. The molecule has 1 rings (SSSR count). The highest BCUT2D eigenvalue weighted by Gasteiger charge is 2.26. The maximum atomic E-state index is 10.8. The molecule has 0 aromatic heterocycles. The van der Waals surface area contributed by atoms with Crippen LogP contribution in [0, 0.1) is 23.2 Å². The van der Waals surface area contributed by atoms with Crippen molar-refractivity contribution in [2.45, 2.75) is 12.8 Å². The zero-order chi connectivity index (χ0) is 8.27. The van der Waals surface area contributed by atoms with Gasteiger partial charge in [0, 0.05) is 0 Å². The SMILES string of the molecule is N#CC1CC=CCC1C(N)=O. The van der Waals surface area contributed by atoms with Crippen molar-refractivity contribution in [1.82, 2.24) is 0 Å². The molecule has 58 valence electrons. The molecule has 0 saturated carbocycles. The molecule has 0 spiro atoms. The van der Waals surface area contributed by atoms with Gasteiger partial charge in [0.2, 0.25) is 5.91 Å². The number of nitrogens with zero attached hydrogens (tertiary/aromatic N) is 1. The number of allylic oxidation sites excluding steroid dienone is 2. The van der Waals surface area contributed by atoms with Gasteiger partial charge in [0.25, 0.3) is 0 Å². The molecule has 0 heterocycles. The molecule has 1 amide bonds. The Kier molecular flexibility index (Phi) is 2.27. The van der Waals surface area contributed by atoms with Crippen LogP contribution in [0.15, 0.2) is 12.2 Å². The van der Waals surface area contributed by atoms with Gasteiger partial charge in [0.05, 0.1) is 17.9 Å². The van der Waals surface area contributed by atoms with Crippen molar-refractivity contribution in [2.75, 3.05) is 0 Å². The second-order valence-electron chi connectivity index (χ2n) is 2.69. The van der Waals surface area contributed by atoms with Crippen molar-refractivity contribution in [3.63, 3.8) is 0 Å². The number of rotatable bonds is 1. The standard InChI is InChI=1S/C8H10N2O/c9-5-6-3-1-2-4-7(6)8(10)11/h1-2,6-7H,3-4H2,(H2,10,11). The summed E-state index contributed by atoms with van der Waals surface area (Å²) in [6, 6.07) is 2.08. The van der Waals surface area contributed by atoms with E-state index in [1.165, 1.54) is 0 Å². The number of nitriles is 1. The lowest BCUT2D eigenvalue weighted by Crippen LogP contribution is -2.30. The van der Waals surface area contributed by atoms with Crippen molar-refractivity contribution in [2.24, 2.45) is 17.6 Å². The van der Waals surface area contributed by atoms with E-state index < -0.39 is 0 Å². The smallest absolute Gasteiger partial charge is 0.222 e. The number of carbonyl (C=O) groups excluding carboxylic acids is 1. The molecule has 0 aliphatic heterocycles. The van der Waals surface area contributed by atoms with Gasteiger partial charge in [-0.1, -0.05) is 12.2 Å². The monoisotopic (exact) mass is 150 g/mol. The van der Waals surface area contributed by atoms with E-state index in [2.05, 4.69) is 6.07 Å². The summed E-state index contributed by atoms with van der Waals surface area (Å²) in [5.74, 6) is -0.844. The molecule has 0 aromatic rings. The molecule has 3 nitrogen and oxygen atoms in total. The third kappa shape index (κ3) is 1.58. The summed E-state index contributed by atoms with van der Waals surface area (Å²) >= 11 is 0. The topological polar surface area (TPSA) is 66.9 Å². The second-order valence-corrected chi connectivity index (χ2v) is 2.69. The molecular formula is C8H10N2O. The number of hydrogen-bond acceptors (Lipinski definition) is 2. The quantitative estimate of drug-likeness (QED) is 0.555. The molecule has 0 aromatic carbocycles. The predicted octanol–water partition coefficient (Wildman–Crippen LogP) is 0.578. The molecule has 11 heavy (non-hydrogen) atoms. The number of amides is 1. The van der Waals surface area contributed by atoms with E-state index >= 15 is 0 Å². The molecule has 0 bridgehead atoms. The summed E-state index contributed by atoms with van der Waals surface area (Å²) in [6.45, 7) is 0. The third-order valence-corrected chi connectivity index (χ3v) is 1.96. The molecule has 3 heteroatoms. The number of carbonyl (C=O) groups is 1. The maximum Gasteiger partial charge on any atom is 0.222 e. The Balaban J connectivity index is 2.71. The summed E-state index contributed by atoms with van der Waals surface area (Å²) in [6.07, 6.45) is 5.11. The summed E-state index contributed by atoms with van der Waals surface area (Å²) in [5.41, 5.74) is 5.11. The van der Waals surface area contributed by atoms with E-state index in [9.17, 15) is 4.79 Å². The summed E-state index contributed by atoms with van der Waals surface area (Å²) in [5, 5.41) is 8.62. The van der Waals surface area contributed by atoms with E-state index in [1.54, 1.807) is 0 Å². The molecule has 2 atom stereocenters. The van der Waals surface area contributed by atoms with Crippen LogP contribution in [0.1, 0.15) is 12.8 Å². The highest BCUT2D eigenvalue weighted by atomic mass is 16.1. The lowest BCUT2D eigenvalue weighted by Gasteiger charge is -2.19. The minimum Gasteiger partial charge on any atom is -0.369 e. The van der Waals surface area contributed by atoms with Crippen molar-refractivity contribution in [1.29, 1.82) is 5.26 Å². The Morgan fingerprint density at radius 2 is 2.18 bits per heavy atom. The fraction of sp³-hybridized carbons (Fsp3) is 0.500. The number of nitrogens with two attached hydrogens (primary N) is 1. The van der Waals surface area contributed by atoms with Crippen molar-refractivity contribution < 1.29 is 4.79 Å². The Hall–Kier alpha value is -1.30. The van der Waals surface area contributed by atoms with Crippen LogP contribution in [0.4, 0.5) is 0 Å². The van der Waals surface area contributed by atoms with Gasteiger partial charge in [-0.2, -0.15) is 5.26 Å². The third-order valence-electron chi connectivity index (χ3n) is 1.96. The highest BCUT2D eigenvalue weighted by Crippen LogP contribution is 2.24. The minimum atomic E-state index is -0.360. The highest BCUT2D eigenvalue weighted by molar-refractivity contribution is 5.77. The summed E-state index contributed by atoms with van der Waals surface area (Å²) in [4.78, 5) is 10.8. The first-order chi connectivity index (χ1) is 5.25.